The van der Waals surface area contributed by atoms with E-state index >= 15 is 0 Å². The number of benzene rings is 2. The molecule has 2 aromatic carbocycles. The van der Waals surface area contributed by atoms with Crippen molar-refractivity contribution >= 4 is 11.6 Å². The van der Waals surface area contributed by atoms with E-state index in [1.54, 1.807) is 48.5 Å². The second kappa shape index (κ2) is 5.84. The van der Waals surface area contributed by atoms with Crippen LogP contribution >= 0.6 is 11.6 Å². The van der Waals surface area contributed by atoms with Crippen molar-refractivity contribution in [2.24, 2.45) is 0 Å². The van der Waals surface area contributed by atoms with E-state index in [4.69, 9.17) is 16.9 Å². The Morgan fingerprint density at radius 2 is 1.82 bits per heavy atom. The van der Waals surface area contributed by atoms with Crippen molar-refractivity contribution in [1.29, 1.82) is 5.26 Å². The van der Waals surface area contributed by atoms with Gasteiger partial charge in [0.15, 0.2) is 0 Å². The summed E-state index contributed by atoms with van der Waals surface area (Å²) < 4.78 is 2.33. The van der Waals surface area contributed by atoms with E-state index in [-0.39, 0.29) is 6.54 Å². The van der Waals surface area contributed by atoms with Gasteiger partial charge >= 0.3 is 5.69 Å². The molecule has 0 radical (unpaired) electrons. The summed E-state index contributed by atoms with van der Waals surface area (Å²) in [6.45, 7) is 0.174. The normalized spacial score (nSPS) is 10.4. The van der Waals surface area contributed by atoms with Crippen molar-refractivity contribution in [1.82, 2.24) is 19.8 Å². The van der Waals surface area contributed by atoms with Crippen LogP contribution in [-0.4, -0.2) is 19.8 Å². The number of rotatable bonds is 3. The molecular formula is C15H10ClN5O. The van der Waals surface area contributed by atoms with Gasteiger partial charge in [-0.3, -0.25) is 0 Å². The minimum Gasteiger partial charge on any atom is -0.244 e. The Labute approximate surface area is 130 Å². The zero-order valence-corrected chi connectivity index (χ0v) is 12.1. The first-order valence-electron chi connectivity index (χ1n) is 6.46. The van der Waals surface area contributed by atoms with E-state index in [1.807, 2.05) is 0 Å². The molecule has 6 nitrogen and oxygen atoms in total. The van der Waals surface area contributed by atoms with Crippen LogP contribution < -0.4 is 5.69 Å². The van der Waals surface area contributed by atoms with Crippen LogP contribution in [0.5, 0.6) is 0 Å². The molecule has 1 aromatic heterocycles. The molecule has 0 saturated heterocycles. The predicted molar refractivity (Wildman–Crippen MR) is 80.9 cm³/mol. The van der Waals surface area contributed by atoms with Gasteiger partial charge in [0, 0.05) is 0 Å². The molecule has 0 amide bonds. The van der Waals surface area contributed by atoms with Crippen molar-refractivity contribution in [2.45, 2.75) is 6.54 Å². The van der Waals surface area contributed by atoms with Gasteiger partial charge in [-0.2, -0.15) is 14.6 Å². The van der Waals surface area contributed by atoms with Crippen molar-refractivity contribution in [3.05, 3.63) is 75.2 Å². The van der Waals surface area contributed by atoms with Crippen LogP contribution in [0.4, 0.5) is 0 Å². The van der Waals surface area contributed by atoms with Crippen LogP contribution in [0.15, 0.2) is 53.3 Å². The molecule has 0 fully saturated rings. The highest BCUT2D eigenvalue weighted by molar-refractivity contribution is 6.32. The SMILES string of the molecule is N#Cc1ccccc1Cn1nnn(-c2ccccc2Cl)c1=O. The summed E-state index contributed by atoms with van der Waals surface area (Å²) in [6, 6.07) is 16.0. The summed E-state index contributed by atoms with van der Waals surface area (Å²) >= 11 is 6.07. The van der Waals surface area contributed by atoms with Gasteiger partial charge in [0.05, 0.1) is 28.9 Å². The number of aromatic nitrogens is 4. The number of hydrogen-bond acceptors (Lipinski definition) is 4. The second-order valence-corrected chi connectivity index (χ2v) is 4.96. The third kappa shape index (κ3) is 2.50. The Morgan fingerprint density at radius 3 is 2.59 bits per heavy atom. The number of nitriles is 1. The Morgan fingerprint density at radius 1 is 1.09 bits per heavy atom. The molecular weight excluding hydrogens is 302 g/mol. The first-order chi connectivity index (χ1) is 10.7. The Hall–Kier alpha value is -2.91. The van der Waals surface area contributed by atoms with Gasteiger partial charge in [-0.05, 0) is 34.2 Å². The maximum atomic E-state index is 12.4. The Balaban J connectivity index is 2.00. The molecule has 0 aliphatic heterocycles. The zero-order chi connectivity index (χ0) is 15.5. The van der Waals surface area contributed by atoms with Gasteiger partial charge in [0.25, 0.3) is 0 Å². The highest BCUT2D eigenvalue weighted by atomic mass is 35.5. The number of hydrogen-bond donors (Lipinski definition) is 0. The Bertz CT molecular complexity index is 922. The molecule has 0 N–H and O–H groups in total. The zero-order valence-electron chi connectivity index (χ0n) is 11.3. The minimum atomic E-state index is -0.416. The van der Waals surface area contributed by atoms with Crippen LogP contribution in [-0.2, 0) is 6.54 Å². The van der Waals surface area contributed by atoms with Gasteiger partial charge < -0.3 is 0 Å². The van der Waals surface area contributed by atoms with Gasteiger partial charge in [-0.15, -0.1) is 0 Å². The van der Waals surface area contributed by atoms with Gasteiger partial charge in [0.1, 0.15) is 0 Å². The maximum Gasteiger partial charge on any atom is 0.368 e. The second-order valence-electron chi connectivity index (χ2n) is 4.55. The van der Waals surface area contributed by atoms with E-state index < -0.39 is 5.69 Å². The monoisotopic (exact) mass is 311 g/mol. The van der Waals surface area contributed by atoms with Crippen molar-refractivity contribution in [3.63, 3.8) is 0 Å². The van der Waals surface area contributed by atoms with Crippen LogP contribution in [0.3, 0.4) is 0 Å². The van der Waals surface area contributed by atoms with E-state index in [0.29, 0.717) is 21.8 Å². The molecule has 108 valence electrons. The van der Waals surface area contributed by atoms with E-state index in [9.17, 15) is 4.79 Å². The third-order valence-corrected chi connectivity index (χ3v) is 3.50. The lowest BCUT2D eigenvalue weighted by Gasteiger charge is -2.02. The molecule has 0 saturated carbocycles. The highest BCUT2D eigenvalue weighted by Crippen LogP contribution is 2.17. The molecule has 22 heavy (non-hydrogen) atoms. The van der Waals surface area contributed by atoms with Crippen molar-refractivity contribution in [3.8, 4) is 11.8 Å². The summed E-state index contributed by atoms with van der Waals surface area (Å²) in [4.78, 5) is 12.4. The molecule has 0 unspecified atom stereocenters. The summed E-state index contributed by atoms with van der Waals surface area (Å²) in [5, 5.41) is 17.2. The average molecular weight is 312 g/mol. The molecule has 3 rings (SSSR count). The third-order valence-electron chi connectivity index (χ3n) is 3.18. The molecule has 1 heterocycles. The fraction of sp³-hybridized carbons (Fsp3) is 0.0667. The first-order valence-corrected chi connectivity index (χ1v) is 6.84. The van der Waals surface area contributed by atoms with Crippen LogP contribution in [0.1, 0.15) is 11.1 Å². The summed E-state index contributed by atoms with van der Waals surface area (Å²) in [5.41, 5.74) is 1.26. The Kier molecular flexibility index (Phi) is 3.73. The molecule has 0 spiro atoms. The lowest BCUT2D eigenvalue weighted by molar-refractivity contribution is 0.631. The van der Waals surface area contributed by atoms with Gasteiger partial charge in [-0.1, -0.05) is 41.9 Å². The minimum absolute atomic E-state index is 0.174. The molecule has 0 aliphatic carbocycles. The standard InChI is InChI=1S/C15H10ClN5O/c16-13-7-3-4-8-14(13)21-15(22)20(18-19-21)10-12-6-2-1-5-11(12)9-17/h1-8H,10H2. The predicted octanol–water partition coefficient (Wildman–Crippen LogP) is 2.00. The van der Waals surface area contributed by atoms with E-state index in [0.717, 1.165) is 4.68 Å². The molecule has 3 aromatic rings. The van der Waals surface area contributed by atoms with Gasteiger partial charge in [-0.25, -0.2) is 4.79 Å². The molecule has 0 bridgehead atoms. The average Bonchev–Trinajstić information content (AvgIpc) is 2.89. The van der Waals surface area contributed by atoms with Gasteiger partial charge in [0.2, 0.25) is 0 Å². The number of nitrogens with zero attached hydrogens (tertiary/aromatic N) is 5. The highest BCUT2D eigenvalue weighted by Gasteiger charge is 2.12. The molecule has 0 atom stereocenters. The summed E-state index contributed by atoms with van der Waals surface area (Å²) in [7, 11) is 0. The smallest absolute Gasteiger partial charge is 0.244 e. The lowest BCUT2D eigenvalue weighted by Crippen LogP contribution is -2.25. The molecule has 7 heteroatoms. The molecule has 0 aliphatic rings. The summed E-state index contributed by atoms with van der Waals surface area (Å²) in [5.74, 6) is 0. The first kappa shape index (κ1) is 14.0. The summed E-state index contributed by atoms with van der Waals surface area (Å²) in [6.07, 6.45) is 0. The van der Waals surface area contributed by atoms with Crippen molar-refractivity contribution < 1.29 is 0 Å². The van der Waals surface area contributed by atoms with Crippen LogP contribution in [0, 0.1) is 11.3 Å². The largest absolute Gasteiger partial charge is 0.368 e. The fourth-order valence-corrected chi connectivity index (χ4v) is 2.29. The number of halogens is 1. The topological polar surface area (TPSA) is 76.5 Å². The van der Waals surface area contributed by atoms with E-state index in [2.05, 4.69) is 16.5 Å². The lowest BCUT2D eigenvalue weighted by atomic mass is 10.1. The maximum absolute atomic E-state index is 12.4. The van der Waals surface area contributed by atoms with Crippen molar-refractivity contribution in [2.75, 3.05) is 0 Å². The number of tetrazole rings is 1. The van der Waals surface area contributed by atoms with Crippen LogP contribution in [0.2, 0.25) is 5.02 Å². The quantitative estimate of drug-likeness (QED) is 0.741. The van der Waals surface area contributed by atoms with E-state index in [1.165, 1.54) is 4.68 Å². The fourth-order valence-electron chi connectivity index (χ4n) is 2.08. The number of para-hydroxylation sites is 1. The van der Waals surface area contributed by atoms with Crippen LogP contribution in [0.25, 0.3) is 5.69 Å².